The number of rotatable bonds is 2. The van der Waals surface area contributed by atoms with Crippen molar-refractivity contribution in [3.8, 4) is 0 Å². The predicted octanol–water partition coefficient (Wildman–Crippen LogP) is 1.76. The van der Waals surface area contributed by atoms with Gasteiger partial charge in [-0.3, -0.25) is 9.59 Å². The van der Waals surface area contributed by atoms with E-state index in [1.807, 2.05) is 6.92 Å². The number of allylic oxidation sites excluding steroid dienone is 1. The van der Waals surface area contributed by atoms with Crippen LogP contribution in [0.5, 0.6) is 0 Å². The van der Waals surface area contributed by atoms with Crippen LogP contribution in [0.25, 0.3) is 0 Å². The fraction of sp³-hybridized carbons (Fsp3) is 0.231. The van der Waals surface area contributed by atoms with Crippen LogP contribution in [0, 0.1) is 0 Å². The summed E-state index contributed by atoms with van der Waals surface area (Å²) in [7, 11) is 0. The second-order valence-corrected chi connectivity index (χ2v) is 3.67. The summed E-state index contributed by atoms with van der Waals surface area (Å²) in [5, 5.41) is 9.18. The first-order valence-electron chi connectivity index (χ1n) is 5.22. The number of carbonyl (C=O) groups is 2. The van der Waals surface area contributed by atoms with Crippen molar-refractivity contribution in [1.29, 1.82) is 0 Å². The van der Waals surface area contributed by atoms with Crippen molar-refractivity contribution in [1.82, 2.24) is 0 Å². The Hall–Kier alpha value is -1.74. The van der Waals surface area contributed by atoms with E-state index in [9.17, 15) is 14.7 Å². The first kappa shape index (κ1) is 10.8. The maximum atomic E-state index is 12.0. The summed E-state index contributed by atoms with van der Waals surface area (Å²) in [5.41, 5.74) is 1.52. The molecule has 0 bridgehead atoms. The highest BCUT2D eigenvalue weighted by molar-refractivity contribution is 6.26. The SMILES string of the molecule is CCC1=C(CO)C(=O)c2ccccc2C1=O. The Morgan fingerprint density at radius 1 is 1.00 bits per heavy atom. The predicted molar refractivity (Wildman–Crippen MR) is 59.5 cm³/mol. The normalized spacial score (nSPS) is 15.4. The fourth-order valence-electron chi connectivity index (χ4n) is 2.02. The Balaban J connectivity index is 2.67. The minimum absolute atomic E-state index is 0.137. The molecule has 0 atom stereocenters. The third-order valence-electron chi connectivity index (χ3n) is 2.84. The van der Waals surface area contributed by atoms with E-state index in [1.165, 1.54) is 0 Å². The zero-order valence-electron chi connectivity index (χ0n) is 8.99. The largest absolute Gasteiger partial charge is 0.392 e. The van der Waals surface area contributed by atoms with Crippen LogP contribution in [0.15, 0.2) is 35.4 Å². The lowest BCUT2D eigenvalue weighted by Crippen LogP contribution is -2.23. The minimum Gasteiger partial charge on any atom is -0.392 e. The van der Waals surface area contributed by atoms with Gasteiger partial charge in [0.2, 0.25) is 0 Å². The first-order valence-corrected chi connectivity index (χ1v) is 5.22. The Labute approximate surface area is 93.4 Å². The molecule has 82 valence electrons. The van der Waals surface area contributed by atoms with Crippen LogP contribution in [0.3, 0.4) is 0 Å². The van der Waals surface area contributed by atoms with Gasteiger partial charge in [0.1, 0.15) is 0 Å². The highest BCUT2D eigenvalue weighted by Gasteiger charge is 2.29. The van der Waals surface area contributed by atoms with Gasteiger partial charge in [-0.25, -0.2) is 0 Å². The van der Waals surface area contributed by atoms with Crippen LogP contribution in [-0.4, -0.2) is 23.3 Å². The molecule has 0 fully saturated rings. The molecule has 0 amide bonds. The van der Waals surface area contributed by atoms with Crippen molar-refractivity contribution in [2.24, 2.45) is 0 Å². The molecule has 0 saturated carbocycles. The summed E-state index contributed by atoms with van der Waals surface area (Å²) in [6.45, 7) is 1.44. The Morgan fingerprint density at radius 2 is 1.50 bits per heavy atom. The smallest absolute Gasteiger partial charge is 0.192 e. The summed E-state index contributed by atoms with van der Waals surface area (Å²) < 4.78 is 0. The monoisotopic (exact) mass is 216 g/mol. The summed E-state index contributed by atoms with van der Waals surface area (Å²) in [5.74, 6) is -0.365. The molecular formula is C13H12O3. The third kappa shape index (κ3) is 1.41. The van der Waals surface area contributed by atoms with Crippen molar-refractivity contribution in [2.75, 3.05) is 6.61 Å². The highest BCUT2D eigenvalue weighted by atomic mass is 16.3. The second-order valence-electron chi connectivity index (χ2n) is 3.67. The van der Waals surface area contributed by atoms with Gasteiger partial charge in [0.15, 0.2) is 11.6 Å². The van der Waals surface area contributed by atoms with Crippen LogP contribution in [0.2, 0.25) is 0 Å². The molecule has 0 spiro atoms. The fourth-order valence-corrected chi connectivity index (χ4v) is 2.02. The molecule has 3 heteroatoms. The molecule has 0 aliphatic heterocycles. The van der Waals surface area contributed by atoms with E-state index < -0.39 is 0 Å². The van der Waals surface area contributed by atoms with Gasteiger partial charge in [-0.15, -0.1) is 0 Å². The summed E-state index contributed by atoms with van der Waals surface area (Å²) in [6, 6.07) is 6.73. The molecule has 0 radical (unpaired) electrons. The molecule has 1 aromatic rings. The van der Waals surface area contributed by atoms with Crippen molar-refractivity contribution < 1.29 is 14.7 Å². The number of aliphatic hydroxyl groups excluding tert-OH is 1. The average molecular weight is 216 g/mol. The molecule has 0 heterocycles. The number of aliphatic hydroxyl groups is 1. The summed E-state index contributed by atoms with van der Waals surface area (Å²) in [6.07, 6.45) is 0.467. The highest BCUT2D eigenvalue weighted by Crippen LogP contribution is 2.27. The van der Waals surface area contributed by atoms with Crippen LogP contribution >= 0.6 is 0 Å². The van der Waals surface area contributed by atoms with Crippen molar-refractivity contribution in [3.05, 3.63) is 46.5 Å². The third-order valence-corrected chi connectivity index (χ3v) is 2.84. The number of hydrogen-bond acceptors (Lipinski definition) is 3. The molecule has 1 aromatic carbocycles. The minimum atomic E-state index is -0.373. The van der Waals surface area contributed by atoms with Gasteiger partial charge in [-0.2, -0.15) is 0 Å². The summed E-state index contributed by atoms with van der Waals surface area (Å²) >= 11 is 0. The van der Waals surface area contributed by atoms with Gasteiger partial charge in [-0.05, 0) is 6.42 Å². The van der Waals surface area contributed by atoms with Crippen molar-refractivity contribution >= 4 is 11.6 Å². The summed E-state index contributed by atoms with van der Waals surface area (Å²) in [4.78, 5) is 24.0. The maximum absolute atomic E-state index is 12.0. The van der Waals surface area contributed by atoms with Crippen LogP contribution in [-0.2, 0) is 0 Å². The molecule has 3 nitrogen and oxygen atoms in total. The average Bonchev–Trinajstić information content (AvgIpc) is 2.33. The number of ketones is 2. The molecule has 16 heavy (non-hydrogen) atoms. The zero-order valence-corrected chi connectivity index (χ0v) is 8.99. The van der Waals surface area contributed by atoms with Gasteiger partial charge < -0.3 is 5.11 Å². The number of Topliss-reactive ketones (excluding diaryl/α,β-unsaturated/α-hetero) is 2. The van der Waals surface area contributed by atoms with Gasteiger partial charge in [0.05, 0.1) is 6.61 Å². The van der Waals surface area contributed by atoms with Crippen LogP contribution in [0.1, 0.15) is 34.1 Å². The Kier molecular flexibility index (Phi) is 2.71. The molecular weight excluding hydrogens is 204 g/mol. The zero-order chi connectivity index (χ0) is 11.7. The number of fused-ring (bicyclic) bond motifs is 1. The van der Waals surface area contributed by atoms with E-state index >= 15 is 0 Å². The quantitative estimate of drug-likeness (QED) is 0.819. The van der Waals surface area contributed by atoms with Crippen molar-refractivity contribution in [3.63, 3.8) is 0 Å². The number of benzene rings is 1. The van der Waals surface area contributed by atoms with Gasteiger partial charge in [-0.1, -0.05) is 31.2 Å². The molecule has 0 saturated heterocycles. The molecule has 1 aliphatic rings. The topological polar surface area (TPSA) is 54.4 Å². The molecule has 2 rings (SSSR count). The number of hydrogen-bond donors (Lipinski definition) is 1. The first-order chi connectivity index (χ1) is 7.70. The molecule has 0 aromatic heterocycles. The van der Waals surface area contributed by atoms with Gasteiger partial charge >= 0.3 is 0 Å². The lowest BCUT2D eigenvalue weighted by atomic mass is 9.83. The lowest BCUT2D eigenvalue weighted by Gasteiger charge is -2.18. The molecule has 0 unspecified atom stereocenters. The Bertz CT molecular complexity index is 453. The molecule has 1 aliphatic carbocycles. The second kappa shape index (κ2) is 4.02. The standard InChI is InChI=1S/C13H12O3/c1-2-8-11(7-14)13(16)10-6-4-3-5-9(10)12(8)15/h3-6,14H,2,7H2,1H3. The lowest BCUT2D eigenvalue weighted by molar-refractivity contribution is 0.0960. The van der Waals surface area contributed by atoms with E-state index in [2.05, 4.69) is 0 Å². The van der Waals surface area contributed by atoms with Gasteiger partial charge in [0.25, 0.3) is 0 Å². The van der Waals surface area contributed by atoms with E-state index in [0.717, 1.165) is 0 Å². The van der Waals surface area contributed by atoms with E-state index in [4.69, 9.17) is 0 Å². The van der Waals surface area contributed by atoms with E-state index in [1.54, 1.807) is 24.3 Å². The van der Waals surface area contributed by atoms with E-state index in [0.29, 0.717) is 23.1 Å². The maximum Gasteiger partial charge on any atom is 0.192 e. The molecule has 1 N–H and O–H groups in total. The van der Waals surface area contributed by atoms with Gasteiger partial charge in [0, 0.05) is 22.3 Å². The van der Waals surface area contributed by atoms with Crippen LogP contribution in [0.4, 0.5) is 0 Å². The van der Waals surface area contributed by atoms with E-state index in [-0.39, 0.29) is 23.7 Å². The number of carbonyl (C=O) groups excluding carboxylic acids is 2. The van der Waals surface area contributed by atoms with Crippen LogP contribution < -0.4 is 0 Å². The Morgan fingerprint density at radius 3 is 1.94 bits per heavy atom. The van der Waals surface area contributed by atoms with Crippen molar-refractivity contribution in [2.45, 2.75) is 13.3 Å².